The van der Waals surface area contributed by atoms with Crippen LogP contribution in [0.5, 0.6) is 0 Å². The number of benzene rings is 2. The third-order valence-electron chi connectivity index (χ3n) is 2.89. The van der Waals surface area contributed by atoms with E-state index in [0.717, 1.165) is 16.8 Å². The number of fused-ring (bicyclic) bond motifs is 1. The Hall–Kier alpha value is -2.06. The van der Waals surface area contributed by atoms with E-state index in [1.807, 2.05) is 54.6 Å². The third-order valence-corrected chi connectivity index (χ3v) is 3.14. The summed E-state index contributed by atoms with van der Waals surface area (Å²) in [4.78, 5) is 11.9. The lowest BCUT2D eigenvalue weighted by atomic mass is 10.0. The van der Waals surface area contributed by atoms with Crippen molar-refractivity contribution in [3.05, 3.63) is 64.7 Å². The predicted octanol–water partition coefficient (Wildman–Crippen LogP) is 3.83. The number of amides is 1. The Balaban J connectivity index is 2.07. The summed E-state index contributed by atoms with van der Waals surface area (Å²) in [7, 11) is 0. The third kappa shape index (κ3) is 1.91. The first-order valence-corrected chi connectivity index (χ1v) is 6.00. The Labute approximate surface area is 110 Å². The van der Waals surface area contributed by atoms with E-state index < -0.39 is 0 Å². The summed E-state index contributed by atoms with van der Waals surface area (Å²) in [5, 5.41) is 3.53. The van der Waals surface area contributed by atoms with Crippen molar-refractivity contribution in [1.82, 2.24) is 0 Å². The number of rotatable bonds is 1. The van der Waals surface area contributed by atoms with Gasteiger partial charge in [-0.2, -0.15) is 0 Å². The average Bonchev–Trinajstić information content (AvgIpc) is 2.69. The molecule has 1 heterocycles. The van der Waals surface area contributed by atoms with Gasteiger partial charge in [-0.1, -0.05) is 41.9 Å². The van der Waals surface area contributed by atoms with Crippen LogP contribution in [0.25, 0.3) is 11.6 Å². The molecule has 0 atom stereocenters. The van der Waals surface area contributed by atoms with Crippen LogP contribution in [0.2, 0.25) is 5.02 Å². The summed E-state index contributed by atoms with van der Waals surface area (Å²) in [6.07, 6.45) is 1.87. The van der Waals surface area contributed by atoms with Gasteiger partial charge in [-0.15, -0.1) is 0 Å². The summed E-state index contributed by atoms with van der Waals surface area (Å²) in [5.74, 6) is -0.0637. The molecule has 2 aromatic carbocycles. The molecular formula is C15H10ClNO. The van der Waals surface area contributed by atoms with Crippen LogP contribution in [-0.2, 0) is 4.79 Å². The Morgan fingerprint density at radius 2 is 1.72 bits per heavy atom. The molecule has 1 aliphatic heterocycles. The molecule has 88 valence electrons. The first-order chi connectivity index (χ1) is 8.74. The van der Waals surface area contributed by atoms with E-state index >= 15 is 0 Å². The number of para-hydroxylation sites is 1. The minimum atomic E-state index is -0.0637. The molecule has 0 saturated heterocycles. The summed E-state index contributed by atoms with van der Waals surface area (Å²) < 4.78 is 0. The van der Waals surface area contributed by atoms with Gasteiger partial charge in [0.15, 0.2) is 0 Å². The van der Waals surface area contributed by atoms with Crippen LogP contribution >= 0.6 is 11.6 Å². The average molecular weight is 256 g/mol. The number of hydrogen-bond donors (Lipinski definition) is 1. The quantitative estimate of drug-likeness (QED) is 0.771. The Bertz CT molecular complexity index is 644. The molecule has 1 N–H and O–H groups in total. The fourth-order valence-electron chi connectivity index (χ4n) is 2.01. The molecule has 0 fully saturated rings. The molecule has 0 unspecified atom stereocenters. The van der Waals surface area contributed by atoms with Gasteiger partial charge in [0.1, 0.15) is 0 Å². The molecular weight excluding hydrogens is 246 g/mol. The Morgan fingerprint density at radius 1 is 1.00 bits per heavy atom. The number of carbonyl (C=O) groups is 1. The lowest BCUT2D eigenvalue weighted by molar-refractivity contribution is -0.110. The van der Waals surface area contributed by atoms with Crippen LogP contribution in [0.1, 0.15) is 11.1 Å². The molecule has 0 saturated carbocycles. The maximum atomic E-state index is 11.9. The topological polar surface area (TPSA) is 29.1 Å². The zero-order valence-electron chi connectivity index (χ0n) is 9.48. The Kier molecular flexibility index (Phi) is 2.65. The van der Waals surface area contributed by atoms with Gasteiger partial charge in [-0.25, -0.2) is 0 Å². The highest BCUT2D eigenvalue weighted by Gasteiger charge is 2.22. The maximum absolute atomic E-state index is 11.9. The van der Waals surface area contributed by atoms with Gasteiger partial charge in [-0.05, 0) is 29.8 Å². The van der Waals surface area contributed by atoms with Crippen molar-refractivity contribution in [2.45, 2.75) is 0 Å². The molecule has 3 heteroatoms. The van der Waals surface area contributed by atoms with Crippen LogP contribution in [0.4, 0.5) is 5.69 Å². The van der Waals surface area contributed by atoms with E-state index in [2.05, 4.69) is 5.32 Å². The van der Waals surface area contributed by atoms with Crippen molar-refractivity contribution in [1.29, 1.82) is 0 Å². The second-order valence-electron chi connectivity index (χ2n) is 4.11. The van der Waals surface area contributed by atoms with Crippen molar-refractivity contribution in [2.24, 2.45) is 0 Å². The summed E-state index contributed by atoms with van der Waals surface area (Å²) in [6.45, 7) is 0. The molecule has 1 aliphatic rings. The molecule has 2 nitrogen and oxygen atoms in total. The number of nitrogens with one attached hydrogen (secondary N) is 1. The van der Waals surface area contributed by atoms with Crippen LogP contribution in [-0.4, -0.2) is 5.91 Å². The lowest BCUT2D eigenvalue weighted by Gasteiger charge is -1.98. The monoisotopic (exact) mass is 255 g/mol. The van der Waals surface area contributed by atoms with E-state index in [9.17, 15) is 4.79 Å². The van der Waals surface area contributed by atoms with Crippen molar-refractivity contribution >= 4 is 34.8 Å². The van der Waals surface area contributed by atoms with E-state index in [-0.39, 0.29) is 5.91 Å². The first kappa shape index (κ1) is 11.1. The Morgan fingerprint density at radius 3 is 2.50 bits per heavy atom. The first-order valence-electron chi connectivity index (χ1n) is 5.62. The molecule has 0 aliphatic carbocycles. The SMILES string of the molecule is O=C1Nc2ccccc2/C1=C\c1ccc(Cl)cc1. The highest BCUT2D eigenvalue weighted by molar-refractivity contribution is 6.35. The van der Waals surface area contributed by atoms with E-state index in [4.69, 9.17) is 11.6 Å². The molecule has 3 rings (SSSR count). The lowest BCUT2D eigenvalue weighted by Crippen LogP contribution is -2.03. The zero-order valence-corrected chi connectivity index (χ0v) is 10.2. The van der Waals surface area contributed by atoms with Crippen LogP contribution in [0, 0.1) is 0 Å². The normalized spacial score (nSPS) is 15.6. The number of carbonyl (C=O) groups excluding carboxylic acids is 1. The van der Waals surface area contributed by atoms with Gasteiger partial charge < -0.3 is 5.32 Å². The van der Waals surface area contributed by atoms with Crippen molar-refractivity contribution in [3.8, 4) is 0 Å². The molecule has 0 radical (unpaired) electrons. The van der Waals surface area contributed by atoms with E-state index in [0.29, 0.717) is 10.6 Å². The van der Waals surface area contributed by atoms with Gasteiger partial charge in [0.25, 0.3) is 5.91 Å². The standard InChI is InChI=1S/C15H10ClNO/c16-11-7-5-10(6-8-11)9-13-12-3-1-2-4-14(12)17-15(13)18/h1-9H,(H,17,18)/b13-9+. The molecule has 0 bridgehead atoms. The summed E-state index contributed by atoms with van der Waals surface area (Å²) in [6, 6.07) is 15.1. The van der Waals surface area contributed by atoms with Gasteiger partial charge >= 0.3 is 0 Å². The second kappa shape index (κ2) is 4.31. The van der Waals surface area contributed by atoms with Gasteiger partial charge in [0.2, 0.25) is 0 Å². The molecule has 0 spiro atoms. The van der Waals surface area contributed by atoms with Crippen LogP contribution < -0.4 is 5.32 Å². The molecule has 1 amide bonds. The van der Waals surface area contributed by atoms with Crippen LogP contribution in [0.3, 0.4) is 0 Å². The van der Waals surface area contributed by atoms with Crippen LogP contribution in [0.15, 0.2) is 48.5 Å². The fourth-order valence-corrected chi connectivity index (χ4v) is 2.13. The molecule has 18 heavy (non-hydrogen) atoms. The fraction of sp³-hybridized carbons (Fsp3) is 0. The highest BCUT2D eigenvalue weighted by Crippen LogP contribution is 2.32. The minimum Gasteiger partial charge on any atom is -0.321 e. The number of halogens is 1. The highest BCUT2D eigenvalue weighted by atomic mass is 35.5. The predicted molar refractivity (Wildman–Crippen MR) is 74.4 cm³/mol. The summed E-state index contributed by atoms with van der Waals surface area (Å²) in [5.41, 5.74) is 3.45. The number of hydrogen-bond acceptors (Lipinski definition) is 1. The number of anilines is 1. The van der Waals surface area contributed by atoms with E-state index in [1.54, 1.807) is 0 Å². The molecule has 2 aromatic rings. The van der Waals surface area contributed by atoms with Gasteiger partial charge in [0.05, 0.1) is 0 Å². The van der Waals surface area contributed by atoms with Crippen molar-refractivity contribution in [2.75, 3.05) is 5.32 Å². The van der Waals surface area contributed by atoms with E-state index in [1.165, 1.54) is 0 Å². The largest absolute Gasteiger partial charge is 0.321 e. The van der Waals surface area contributed by atoms with Gasteiger partial charge in [-0.3, -0.25) is 4.79 Å². The van der Waals surface area contributed by atoms with Crippen molar-refractivity contribution in [3.63, 3.8) is 0 Å². The smallest absolute Gasteiger partial charge is 0.256 e. The maximum Gasteiger partial charge on any atom is 0.256 e. The summed E-state index contributed by atoms with van der Waals surface area (Å²) >= 11 is 5.84. The second-order valence-corrected chi connectivity index (χ2v) is 4.55. The van der Waals surface area contributed by atoms with Gasteiger partial charge in [0, 0.05) is 21.8 Å². The van der Waals surface area contributed by atoms with Crippen molar-refractivity contribution < 1.29 is 4.79 Å². The zero-order chi connectivity index (χ0) is 12.5. The minimum absolute atomic E-state index is 0.0637. The molecule has 0 aromatic heterocycles.